The molecule has 1 spiro atoms. The van der Waals surface area contributed by atoms with Crippen LogP contribution in [0.2, 0.25) is 0 Å². The zero-order chi connectivity index (χ0) is 17.2. The minimum Gasteiger partial charge on any atom is -0.412 e. The van der Waals surface area contributed by atoms with Crippen LogP contribution in [0.4, 0.5) is 0 Å². The molecule has 5 N–H and O–H groups in total. The van der Waals surface area contributed by atoms with Gasteiger partial charge in [0, 0.05) is 15.2 Å². The van der Waals surface area contributed by atoms with E-state index in [-0.39, 0.29) is 10.9 Å². The van der Waals surface area contributed by atoms with Gasteiger partial charge in [-0.2, -0.15) is 8.42 Å². The molecule has 0 bridgehead atoms. The maximum absolute atomic E-state index is 8.74. The molecule has 6 nitrogen and oxygen atoms in total. The third-order valence-electron chi connectivity index (χ3n) is 4.48. The van der Waals surface area contributed by atoms with Crippen molar-refractivity contribution in [1.82, 2.24) is 5.32 Å². The van der Waals surface area contributed by atoms with Crippen molar-refractivity contribution < 1.29 is 23.0 Å². The summed E-state index contributed by atoms with van der Waals surface area (Å²) < 4.78 is 31.6. The van der Waals surface area contributed by atoms with Crippen LogP contribution >= 0.6 is 11.8 Å². The average Bonchev–Trinajstić information content (AvgIpc) is 2.55. The number of fused-ring (bicyclic) bond motifs is 4. The van der Waals surface area contributed by atoms with Crippen molar-refractivity contribution in [2.24, 2.45) is 0 Å². The fourth-order valence-corrected chi connectivity index (χ4v) is 4.83. The lowest BCUT2D eigenvalue weighted by Gasteiger charge is -2.43. The van der Waals surface area contributed by atoms with Crippen LogP contribution in [0.5, 0.6) is 0 Å². The molecule has 2 heterocycles. The molecular weight excluding hydrogens is 362 g/mol. The normalized spacial score (nSPS) is 17.4. The highest BCUT2D eigenvalue weighted by Gasteiger charge is 2.41. The van der Waals surface area contributed by atoms with Gasteiger partial charge < -0.3 is 10.8 Å². The van der Waals surface area contributed by atoms with Crippen molar-refractivity contribution in [2.75, 3.05) is 13.1 Å². The summed E-state index contributed by atoms with van der Waals surface area (Å²) in [7, 11) is -4.67. The van der Waals surface area contributed by atoms with E-state index in [1.165, 1.54) is 22.6 Å². The molecular formula is C17H21NO5S2. The molecule has 0 radical (unpaired) electrons. The summed E-state index contributed by atoms with van der Waals surface area (Å²) in [5, 5.41) is 3.51. The molecule has 25 heavy (non-hydrogen) atoms. The summed E-state index contributed by atoms with van der Waals surface area (Å²) >= 11 is 1.93. The Hall–Kier alpha value is -1.42. The maximum Gasteiger partial charge on any atom is 0.394 e. The second-order valence-electron chi connectivity index (χ2n) is 5.87. The van der Waals surface area contributed by atoms with E-state index in [1.807, 2.05) is 11.8 Å². The van der Waals surface area contributed by atoms with E-state index in [0.717, 1.165) is 13.1 Å². The van der Waals surface area contributed by atoms with Crippen LogP contribution in [0, 0.1) is 0 Å². The molecule has 2 aromatic carbocycles. The average molecular weight is 383 g/mol. The molecule has 0 amide bonds. The summed E-state index contributed by atoms with van der Waals surface area (Å²) in [4.78, 5) is 2.89. The molecule has 4 rings (SSSR count). The Morgan fingerprint density at radius 1 is 0.880 bits per heavy atom. The molecule has 0 saturated carbocycles. The first kappa shape index (κ1) is 19.9. The summed E-state index contributed by atoms with van der Waals surface area (Å²) in [5.41, 5.74) is 3.32. The van der Waals surface area contributed by atoms with Gasteiger partial charge in [-0.05, 0) is 49.2 Å². The third-order valence-corrected chi connectivity index (χ3v) is 5.63. The van der Waals surface area contributed by atoms with Crippen molar-refractivity contribution in [2.45, 2.75) is 28.0 Å². The predicted molar refractivity (Wildman–Crippen MR) is 97.7 cm³/mol. The van der Waals surface area contributed by atoms with Crippen molar-refractivity contribution in [3.63, 3.8) is 0 Å². The Morgan fingerprint density at radius 2 is 1.28 bits per heavy atom. The standard InChI is InChI=1S/C17H17NS.H2O4S.H2O/c1-3-7-15-13(5-1)17(9-11-18-12-10-17)14-6-2-4-8-16(14)19-15;1-5(2,3)4;/h1-8,18H,9-12H2;(H2,1,2,3,4);1H2. The molecule has 1 saturated heterocycles. The Bertz CT molecular complexity index is 777. The molecule has 136 valence electrons. The Balaban J connectivity index is 0.000000335. The highest BCUT2D eigenvalue weighted by atomic mass is 32.3. The van der Waals surface area contributed by atoms with Gasteiger partial charge in [-0.1, -0.05) is 48.2 Å². The van der Waals surface area contributed by atoms with Crippen LogP contribution in [0.25, 0.3) is 0 Å². The van der Waals surface area contributed by atoms with Gasteiger partial charge in [-0.25, -0.2) is 0 Å². The summed E-state index contributed by atoms with van der Waals surface area (Å²) in [6.45, 7) is 2.24. The van der Waals surface area contributed by atoms with Crippen LogP contribution < -0.4 is 5.32 Å². The third kappa shape index (κ3) is 4.41. The number of rotatable bonds is 0. The summed E-state index contributed by atoms with van der Waals surface area (Å²) in [6.07, 6.45) is 2.42. The lowest BCUT2D eigenvalue weighted by molar-refractivity contribution is 0.351. The van der Waals surface area contributed by atoms with E-state index < -0.39 is 10.4 Å². The molecule has 2 aromatic rings. The fraction of sp³-hybridized carbons (Fsp3) is 0.294. The van der Waals surface area contributed by atoms with Crippen LogP contribution in [0.15, 0.2) is 58.3 Å². The van der Waals surface area contributed by atoms with Crippen LogP contribution in [-0.4, -0.2) is 36.1 Å². The summed E-state index contributed by atoms with van der Waals surface area (Å²) in [5.74, 6) is 0. The summed E-state index contributed by atoms with van der Waals surface area (Å²) in [6, 6.07) is 17.9. The monoisotopic (exact) mass is 383 g/mol. The van der Waals surface area contributed by atoms with E-state index in [4.69, 9.17) is 17.5 Å². The van der Waals surface area contributed by atoms with Crippen LogP contribution in [-0.2, 0) is 15.8 Å². The Morgan fingerprint density at radius 3 is 1.72 bits per heavy atom. The Labute approximate surface area is 151 Å². The van der Waals surface area contributed by atoms with Gasteiger partial charge in [-0.15, -0.1) is 0 Å². The van der Waals surface area contributed by atoms with Gasteiger partial charge in [-0.3, -0.25) is 9.11 Å². The first-order valence-corrected chi connectivity index (χ1v) is 9.89. The Kier molecular flexibility index (Phi) is 6.26. The van der Waals surface area contributed by atoms with Gasteiger partial charge in [0.05, 0.1) is 0 Å². The number of nitrogens with one attached hydrogen (secondary N) is 1. The van der Waals surface area contributed by atoms with Crippen LogP contribution in [0.3, 0.4) is 0 Å². The zero-order valence-corrected chi connectivity index (χ0v) is 15.1. The van der Waals surface area contributed by atoms with Crippen molar-refractivity contribution >= 4 is 22.2 Å². The topological polar surface area (TPSA) is 118 Å². The second kappa shape index (κ2) is 7.86. The number of hydrogen-bond acceptors (Lipinski definition) is 4. The van der Waals surface area contributed by atoms with Crippen molar-refractivity contribution in [3.8, 4) is 0 Å². The number of hydrogen-bond donors (Lipinski definition) is 3. The first-order valence-electron chi connectivity index (χ1n) is 7.68. The molecule has 1 fully saturated rings. The molecule has 8 heteroatoms. The molecule has 2 aliphatic rings. The lowest BCUT2D eigenvalue weighted by atomic mass is 9.68. The highest BCUT2D eigenvalue weighted by molar-refractivity contribution is 7.99. The van der Waals surface area contributed by atoms with Gasteiger partial charge in [0.15, 0.2) is 0 Å². The van der Waals surface area contributed by atoms with E-state index in [0.29, 0.717) is 0 Å². The van der Waals surface area contributed by atoms with Crippen molar-refractivity contribution in [1.29, 1.82) is 0 Å². The molecule has 0 aromatic heterocycles. The molecule has 0 atom stereocenters. The molecule has 2 aliphatic heterocycles. The highest BCUT2D eigenvalue weighted by Crippen LogP contribution is 2.52. The van der Waals surface area contributed by atoms with E-state index in [1.54, 1.807) is 11.1 Å². The second-order valence-corrected chi connectivity index (χ2v) is 7.85. The fourth-order valence-electron chi connectivity index (χ4n) is 3.56. The first-order chi connectivity index (χ1) is 11.4. The number of piperidine rings is 1. The number of benzene rings is 2. The predicted octanol–water partition coefficient (Wildman–Crippen LogP) is 2.34. The van der Waals surface area contributed by atoms with E-state index in [9.17, 15) is 0 Å². The smallest absolute Gasteiger partial charge is 0.394 e. The minimum absolute atomic E-state index is 0. The van der Waals surface area contributed by atoms with Gasteiger partial charge in [0.25, 0.3) is 0 Å². The van der Waals surface area contributed by atoms with Gasteiger partial charge in [0.1, 0.15) is 0 Å². The van der Waals surface area contributed by atoms with Gasteiger partial charge >= 0.3 is 10.4 Å². The largest absolute Gasteiger partial charge is 0.412 e. The quantitative estimate of drug-likeness (QED) is 0.601. The molecule has 0 aliphatic carbocycles. The SMILES string of the molecule is O.O=S(=O)(O)O.c1ccc2c(c1)Sc1ccccc1C21CCNCC1. The van der Waals surface area contributed by atoms with Crippen molar-refractivity contribution in [3.05, 3.63) is 59.7 Å². The maximum atomic E-state index is 8.74. The van der Waals surface area contributed by atoms with E-state index >= 15 is 0 Å². The van der Waals surface area contributed by atoms with Gasteiger partial charge in [0.2, 0.25) is 0 Å². The van der Waals surface area contributed by atoms with Crippen LogP contribution in [0.1, 0.15) is 24.0 Å². The minimum atomic E-state index is -4.67. The zero-order valence-electron chi connectivity index (χ0n) is 13.5. The molecule has 0 unspecified atom stereocenters. The van der Waals surface area contributed by atoms with E-state index in [2.05, 4.69) is 53.8 Å². The lowest BCUT2D eigenvalue weighted by Crippen LogP contribution is -2.42.